The van der Waals surface area contributed by atoms with Gasteiger partial charge in [0.2, 0.25) is 0 Å². The van der Waals surface area contributed by atoms with Crippen LogP contribution in [0.25, 0.3) is 0 Å². The maximum atomic E-state index is 11.9. The molecule has 4 heteroatoms. The van der Waals surface area contributed by atoms with E-state index in [1.807, 2.05) is 13.8 Å². The molecular formula is C12H14ClNO2. The smallest absolute Gasteiger partial charge is 0.258 e. The maximum Gasteiger partial charge on any atom is 0.258 e. The van der Waals surface area contributed by atoms with Crippen LogP contribution in [0.1, 0.15) is 37.0 Å². The van der Waals surface area contributed by atoms with Gasteiger partial charge < -0.3 is 10.1 Å². The first kappa shape index (κ1) is 11.3. The van der Waals surface area contributed by atoms with Gasteiger partial charge in [-0.1, -0.05) is 31.0 Å². The number of amides is 1. The lowest BCUT2D eigenvalue weighted by Gasteiger charge is -2.36. The molecule has 0 fully saturated rings. The molecule has 16 heavy (non-hydrogen) atoms. The summed E-state index contributed by atoms with van der Waals surface area (Å²) in [6, 6.07) is 5.18. The third kappa shape index (κ3) is 1.87. The van der Waals surface area contributed by atoms with Crippen LogP contribution in [0.4, 0.5) is 0 Å². The van der Waals surface area contributed by atoms with Crippen LogP contribution in [0.3, 0.4) is 0 Å². The molecule has 1 heterocycles. The number of nitrogens with one attached hydrogen (secondary N) is 1. The topological polar surface area (TPSA) is 38.3 Å². The van der Waals surface area contributed by atoms with Crippen LogP contribution in [0.2, 0.25) is 5.02 Å². The first-order valence-corrected chi connectivity index (χ1v) is 5.73. The molecule has 1 amide bonds. The molecule has 0 aliphatic carbocycles. The van der Waals surface area contributed by atoms with E-state index < -0.39 is 5.72 Å². The van der Waals surface area contributed by atoms with Crippen molar-refractivity contribution < 1.29 is 9.53 Å². The molecule has 1 aromatic carbocycles. The molecule has 2 rings (SSSR count). The Labute approximate surface area is 99.7 Å². The minimum atomic E-state index is -0.649. The second kappa shape index (κ2) is 3.98. The highest BCUT2D eigenvalue weighted by Crippen LogP contribution is 2.35. The highest BCUT2D eigenvalue weighted by Gasteiger charge is 2.35. The van der Waals surface area contributed by atoms with Gasteiger partial charge in [0, 0.05) is 6.42 Å². The van der Waals surface area contributed by atoms with Crippen LogP contribution < -0.4 is 10.1 Å². The van der Waals surface area contributed by atoms with Crippen LogP contribution in [0.15, 0.2) is 18.2 Å². The molecule has 1 aliphatic rings. The van der Waals surface area contributed by atoms with Crippen LogP contribution in [-0.2, 0) is 0 Å². The quantitative estimate of drug-likeness (QED) is 0.862. The SMILES string of the molecule is CCCC1(C)NC(=O)c2cccc(Cl)c2O1. The first-order chi connectivity index (χ1) is 7.56. The molecule has 86 valence electrons. The minimum Gasteiger partial charge on any atom is -0.466 e. The lowest BCUT2D eigenvalue weighted by Crippen LogP contribution is -2.53. The Bertz CT molecular complexity index is 433. The number of carbonyl (C=O) groups is 1. The van der Waals surface area contributed by atoms with E-state index in [0.29, 0.717) is 16.3 Å². The highest BCUT2D eigenvalue weighted by molar-refractivity contribution is 6.32. The largest absolute Gasteiger partial charge is 0.466 e. The number of carbonyl (C=O) groups excluding carboxylic acids is 1. The standard InChI is InChI=1S/C12H14ClNO2/c1-3-7-12(2)14-11(15)8-5-4-6-9(13)10(8)16-12/h4-6H,3,7H2,1-2H3,(H,14,15). The Morgan fingerprint density at radius 1 is 1.50 bits per heavy atom. The van der Waals surface area contributed by atoms with Gasteiger partial charge in [-0.3, -0.25) is 4.79 Å². The van der Waals surface area contributed by atoms with Crippen molar-refractivity contribution in [2.24, 2.45) is 0 Å². The molecule has 1 unspecified atom stereocenters. The number of hydrogen-bond acceptors (Lipinski definition) is 2. The molecule has 1 aromatic rings. The van der Waals surface area contributed by atoms with Crippen molar-refractivity contribution in [1.82, 2.24) is 5.32 Å². The van der Waals surface area contributed by atoms with Crippen molar-refractivity contribution in [3.05, 3.63) is 28.8 Å². The van der Waals surface area contributed by atoms with Gasteiger partial charge in [0.15, 0.2) is 11.5 Å². The average Bonchev–Trinajstić information content (AvgIpc) is 2.20. The summed E-state index contributed by atoms with van der Waals surface area (Å²) in [6.45, 7) is 3.91. The number of benzene rings is 1. The zero-order chi connectivity index (χ0) is 11.8. The number of hydrogen-bond donors (Lipinski definition) is 1. The van der Waals surface area contributed by atoms with Crippen molar-refractivity contribution in [1.29, 1.82) is 0 Å². The van der Waals surface area contributed by atoms with Crippen molar-refractivity contribution in [3.8, 4) is 5.75 Å². The predicted molar refractivity (Wildman–Crippen MR) is 62.9 cm³/mol. The lowest BCUT2D eigenvalue weighted by atomic mass is 10.0. The molecule has 1 aliphatic heterocycles. The van der Waals surface area contributed by atoms with E-state index in [1.165, 1.54) is 0 Å². The van der Waals surface area contributed by atoms with Crippen LogP contribution >= 0.6 is 11.6 Å². The Morgan fingerprint density at radius 3 is 2.94 bits per heavy atom. The predicted octanol–water partition coefficient (Wildman–Crippen LogP) is 2.98. The number of fused-ring (bicyclic) bond motifs is 1. The molecule has 0 bridgehead atoms. The molecule has 0 radical (unpaired) electrons. The second-order valence-corrected chi connectivity index (χ2v) is 4.56. The Hall–Kier alpha value is -1.22. The Kier molecular flexibility index (Phi) is 2.80. The molecule has 1 N–H and O–H groups in total. The molecule has 0 aromatic heterocycles. The van der Waals surface area contributed by atoms with Gasteiger partial charge in [0.1, 0.15) is 0 Å². The summed E-state index contributed by atoms with van der Waals surface area (Å²) in [5.41, 5.74) is -0.148. The number of halogens is 1. The maximum absolute atomic E-state index is 11.9. The van der Waals surface area contributed by atoms with Gasteiger partial charge in [-0.15, -0.1) is 0 Å². The Balaban J connectivity index is 2.42. The zero-order valence-corrected chi connectivity index (χ0v) is 10.1. The van der Waals surface area contributed by atoms with Crippen molar-refractivity contribution >= 4 is 17.5 Å². The monoisotopic (exact) mass is 239 g/mol. The van der Waals surface area contributed by atoms with E-state index in [1.54, 1.807) is 18.2 Å². The van der Waals surface area contributed by atoms with Gasteiger partial charge in [0.05, 0.1) is 10.6 Å². The van der Waals surface area contributed by atoms with E-state index in [9.17, 15) is 4.79 Å². The van der Waals surface area contributed by atoms with E-state index in [-0.39, 0.29) is 5.91 Å². The van der Waals surface area contributed by atoms with Crippen molar-refractivity contribution in [2.45, 2.75) is 32.4 Å². The number of rotatable bonds is 2. The summed E-state index contributed by atoms with van der Waals surface area (Å²) in [4.78, 5) is 11.9. The van der Waals surface area contributed by atoms with E-state index in [4.69, 9.17) is 16.3 Å². The molecule has 3 nitrogen and oxygen atoms in total. The van der Waals surface area contributed by atoms with Gasteiger partial charge in [-0.25, -0.2) is 0 Å². The Morgan fingerprint density at radius 2 is 2.25 bits per heavy atom. The fourth-order valence-corrected chi connectivity index (χ4v) is 2.15. The summed E-state index contributed by atoms with van der Waals surface area (Å²) < 4.78 is 5.80. The normalized spacial score (nSPS) is 23.3. The van der Waals surface area contributed by atoms with Gasteiger partial charge in [0.25, 0.3) is 5.91 Å². The van der Waals surface area contributed by atoms with Gasteiger partial charge in [-0.2, -0.15) is 0 Å². The zero-order valence-electron chi connectivity index (χ0n) is 9.34. The van der Waals surface area contributed by atoms with Gasteiger partial charge in [-0.05, 0) is 19.1 Å². The highest BCUT2D eigenvalue weighted by atomic mass is 35.5. The van der Waals surface area contributed by atoms with Crippen molar-refractivity contribution in [2.75, 3.05) is 0 Å². The van der Waals surface area contributed by atoms with Crippen LogP contribution in [0, 0.1) is 0 Å². The van der Waals surface area contributed by atoms with Gasteiger partial charge >= 0.3 is 0 Å². The van der Waals surface area contributed by atoms with Crippen LogP contribution in [0.5, 0.6) is 5.75 Å². The lowest BCUT2D eigenvalue weighted by molar-refractivity contribution is 0.0254. The summed E-state index contributed by atoms with van der Waals surface area (Å²) in [5.74, 6) is 0.364. The summed E-state index contributed by atoms with van der Waals surface area (Å²) >= 11 is 6.03. The van der Waals surface area contributed by atoms with Crippen molar-refractivity contribution in [3.63, 3.8) is 0 Å². The molecule has 0 saturated heterocycles. The third-order valence-corrected chi connectivity index (χ3v) is 2.94. The fourth-order valence-electron chi connectivity index (χ4n) is 1.94. The second-order valence-electron chi connectivity index (χ2n) is 4.15. The minimum absolute atomic E-state index is 0.125. The van der Waals surface area contributed by atoms with E-state index >= 15 is 0 Å². The molecular weight excluding hydrogens is 226 g/mol. The molecule has 1 atom stereocenters. The fraction of sp³-hybridized carbons (Fsp3) is 0.417. The summed E-state index contributed by atoms with van der Waals surface area (Å²) in [6.07, 6.45) is 1.68. The summed E-state index contributed by atoms with van der Waals surface area (Å²) in [5, 5.41) is 3.34. The third-order valence-electron chi connectivity index (χ3n) is 2.64. The van der Waals surface area contributed by atoms with Crippen LogP contribution in [-0.4, -0.2) is 11.6 Å². The van der Waals surface area contributed by atoms with E-state index in [2.05, 4.69) is 5.32 Å². The van der Waals surface area contributed by atoms with E-state index in [0.717, 1.165) is 12.8 Å². The number of ether oxygens (including phenoxy) is 1. The molecule has 0 saturated carbocycles. The summed E-state index contributed by atoms with van der Waals surface area (Å²) in [7, 11) is 0. The number of para-hydroxylation sites is 1. The average molecular weight is 240 g/mol. The molecule has 0 spiro atoms. The first-order valence-electron chi connectivity index (χ1n) is 5.36.